The highest BCUT2D eigenvalue weighted by molar-refractivity contribution is 7.92. The molecule has 1 N–H and O–H groups in total. The topological polar surface area (TPSA) is 77.9 Å². The Hall–Kier alpha value is -3.39. The van der Waals surface area contributed by atoms with E-state index < -0.39 is 33.8 Å². The van der Waals surface area contributed by atoms with Crippen LogP contribution in [0.25, 0.3) is 0 Å². The van der Waals surface area contributed by atoms with Crippen molar-refractivity contribution in [3.05, 3.63) is 83.7 Å². The fraction of sp³-hybridized carbons (Fsp3) is 0.269. The zero-order valence-electron chi connectivity index (χ0n) is 19.3. The Morgan fingerprint density at radius 1 is 1.06 bits per heavy atom. The standard InChI is InChI=1S/C26H27FN2O4S/c1-4-18-6-5-7-21(14-18)28(3)20-9-11-22(12-10-20)34(32,33)29-17(2)23(16-26(30)31)24-15-19(27)8-13-25(24)29/h5-15,17,23H,4,16H2,1-3H3,(H,30,31). The van der Waals surface area contributed by atoms with Crippen LogP contribution in [0.3, 0.4) is 0 Å². The number of aliphatic carboxylic acids is 1. The number of sulfonamides is 1. The summed E-state index contributed by atoms with van der Waals surface area (Å²) in [6.45, 7) is 3.75. The van der Waals surface area contributed by atoms with Crippen LogP contribution in [0.15, 0.2) is 71.6 Å². The van der Waals surface area contributed by atoms with Gasteiger partial charge in [0.1, 0.15) is 5.82 Å². The van der Waals surface area contributed by atoms with E-state index in [2.05, 4.69) is 19.1 Å². The highest BCUT2D eigenvalue weighted by Crippen LogP contribution is 2.46. The molecule has 3 aromatic rings. The number of nitrogens with zero attached hydrogens (tertiary/aromatic N) is 2. The van der Waals surface area contributed by atoms with Crippen LogP contribution in [0.2, 0.25) is 0 Å². The van der Waals surface area contributed by atoms with Crippen molar-refractivity contribution in [3.8, 4) is 0 Å². The van der Waals surface area contributed by atoms with Crippen molar-refractivity contribution in [2.75, 3.05) is 16.3 Å². The number of benzene rings is 3. The van der Waals surface area contributed by atoms with E-state index in [0.717, 1.165) is 17.8 Å². The van der Waals surface area contributed by atoms with Gasteiger partial charge in [0.15, 0.2) is 0 Å². The molecule has 2 unspecified atom stereocenters. The van der Waals surface area contributed by atoms with Gasteiger partial charge in [0.05, 0.1) is 23.0 Å². The average molecular weight is 483 g/mol. The van der Waals surface area contributed by atoms with Crippen LogP contribution in [0.1, 0.15) is 37.3 Å². The third kappa shape index (κ3) is 4.25. The Morgan fingerprint density at radius 2 is 1.76 bits per heavy atom. The average Bonchev–Trinajstić information content (AvgIpc) is 3.09. The van der Waals surface area contributed by atoms with Crippen molar-refractivity contribution in [3.63, 3.8) is 0 Å². The summed E-state index contributed by atoms with van der Waals surface area (Å²) in [6.07, 6.45) is 0.630. The minimum atomic E-state index is -4.00. The van der Waals surface area contributed by atoms with Crippen LogP contribution in [-0.2, 0) is 21.2 Å². The van der Waals surface area contributed by atoms with Crippen molar-refractivity contribution in [1.29, 1.82) is 0 Å². The molecule has 0 saturated carbocycles. The molecule has 1 aliphatic rings. The van der Waals surface area contributed by atoms with Crippen LogP contribution in [0, 0.1) is 5.82 Å². The summed E-state index contributed by atoms with van der Waals surface area (Å²) in [5.74, 6) is -2.24. The molecule has 178 valence electrons. The quantitative estimate of drug-likeness (QED) is 0.494. The molecule has 0 saturated heterocycles. The van der Waals surface area contributed by atoms with E-state index >= 15 is 0 Å². The number of carbonyl (C=O) groups is 1. The normalized spacial score (nSPS) is 17.5. The number of rotatable bonds is 7. The van der Waals surface area contributed by atoms with Crippen molar-refractivity contribution < 1.29 is 22.7 Å². The summed E-state index contributed by atoms with van der Waals surface area (Å²) in [6, 6.07) is 17.9. The Labute approximate surface area is 199 Å². The number of carboxylic acids is 1. The van der Waals surface area contributed by atoms with Gasteiger partial charge in [-0.1, -0.05) is 19.1 Å². The Kier molecular flexibility index (Phi) is 6.36. The lowest BCUT2D eigenvalue weighted by Gasteiger charge is -2.27. The number of anilines is 3. The van der Waals surface area contributed by atoms with Gasteiger partial charge in [-0.2, -0.15) is 0 Å². The van der Waals surface area contributed by atoms with E-state index in [0.29, 0.717) is 11.3 Å². The highest BCUT2D eigenvalue weighted by atomic mass is 32.2. The fourth-order valence-corrected chi connectivity index (χ4v) is 6.29. The van der Waals surface area contributed by atoms with Gasteiger partial charge >= 0.3 is 5.97 Å². The summed E-state index contributed by atoms with van der Waals surface area (Å²) >= 11 is 0. The lowest BCUT2D eigenvalue weighted by atomic mass is 9.93. The first-order valence-electron chi connectivity index (χ1n) is 11.1. The Morgan fingerprint density at radius 3 is 2.41 bits per heavy atom. The maximum absolute atomic E-state index is 13.9. The molecule has 0 spiro atoms. The number of fused-ring (bicyclic) bond motifs is 1. The Balaban J connectivity index is 1.67. The molecule has 1 heterocycles. The SMILES string of the molecule is CCc1cccc(N(C)c2ccc(S(=O)(=O)N3c4ccc(F)cc4C(CC(=O)O)C3C)cc2)c1. The van der Waals surface area contributed by atoms with E-state index in [1.54, 1.807) is 31.2 Å². The second-order valence-corrected chi connectivity index (χ2v) is 10.3. The second-order valence-electron chi connectivity index (χ2n) is 8.53. The monoisotopic (exact) mass is 482 g/mol. The molecular formula is C26H27FN2O4S. The summed E-state index contributed by atoms with van der Waals surface area (Å²) < 4.78 is 42.4. The predicted molar refractivity (Wildman–Crippen MR) is 131 cm³/mol. The van der Waals surface area contributed by atoms with Gasteiger partial charge < -0.3 is 10.0 Å². The van der Waals surface area contributed by atoms with Gasteiger partial charge in [-0.3, -0.25) is 9.10 Å². The van der Waals surface area contributed by atoms with Crippen molar-refractivity contribution in [1.82, 2.24) is 0 Å². The van der Waals surface area contributed by atoms with E-state index in [9.17, 15) is 22.7 Å². The van der Waals surface area contributed by atoms with E-state index in [1.165, 1.54) is 28.1 Å². The lowest BCUT2D eigenvalue weighted by molar-refractivity contribution is -0.137. The smallest absolute Gasteiger partial charge is 0.304 e. The third-order valence-corrected chi connectivity index (χ3v) is 8.38. The maximum atomic E-state index is 13.9. The molecule has 4 rings (SSSR count). The van der Waals surface area contributed by atoms with Gasteiger partial charge in [-0.15, -0.1) is 0 Å². The largest absolute Gasteiger partial charge is 0.481 e. The van der Waals surface area contributed by atoms with Gasteiger partial charge in [-0.25, -0.2) is 12.8 Å². The predicted octanol–water partition coefficient (Wildman–Crippen LogP) is 5.31. The van der Waals surface area contributed by atoms with Crippen LogP contribution < -0.4 is 9.21 Å². The fourth-order valence-electron chi connectivity index (χ4n) is 4.57. The number of hydrogen-bond acceptors (Lipinski definition) is 4. The maximum Gasteiger partial charge on any atom is 0.304 e. The summed E-state index contributed by atoms with van der Waals surface area (Å²) in [4.78, 5) is 13.5. The summed E-state index contributed by atoms with van der Waals surface area (Å²) in [5.41, 5.74) is 3.74. The minimum absolute atomic E-state index is 0.0880. The molecule has 0 amide bonds. The molecule has 1 aliphatic heterocycles. The molecule has 8 heteroatoms. The molecule has 6 nitrogen and oxygen atoms in total. The third-order valence-electron chi connectivity index (χ3n) is 6.46. The van der Waals surface area contributed by atoms with Gasteiger partial charge in [0.2, 0.25) is 0 Å². The minimum Gasteiger partial charge on any atom is -0.481 e. The highest BCUT2D eigenvalue weighted by Gasteiger charge is 2.43. The first-order valence-corrected chi connectivity index (χ1v) is 12.6. The van der Waals surface area contributed by atoms with E-state index in [-0.39, 0.29) is 11.3 Å². The van der Waals surface area contributed by atoms with Gasteiger partial charge in [0.25, 0.3) is 10.0 Å². The second kappa shape index (κ2) is 9.10. The van der Waals surface area contributed by atoms with Crippen molar-refractivity contribution >= 4 is 33.1 Å². The van der Waals surface area contributed by atoms with Gasteiger partial charge in [0, 0.05) is 24.3 Å². The number of halogens is 1. The Bertz CT molecular complexity index is 1320. The summed E-state index contributed by atoms with van der Waals surface area (Å²) in [5, 5.41) is 9.34. The molecule has 0 bridgehead atoms. The van der Waals surface area contributed by atoms with Crippen LogP contribution >= 0.6 is 0 Å². The molecule has 2 atom stereocenters. The number of hydrogen-bond donors (Lipinski definition) is 1. The van der Waals surface area contributed by atoms with Gasteiger partial charge in [-0.05, 0) is 79.1 Å². The zero-order chi connectivity index (χ0) is 24.6. The van der Waals surface area contributed by atoms with E-state index in [4.69, 9.17) is 0 Å². The first kappa shape index (κ1) is 23.8. The molecular weight excluding hydrogens is 455 g/mol. The van der Waals surface area contributed by atoms with Crippen LogP contribution in [0.4, 0.5) is 21.5 Å². The lowest BCUT2D eigenvalue weighted by Crippen LogP contribution is -2.37. The van der Waals surface area contributed by atoms with Crippen LogP contribution in [0.5, 0.6) is 0 Å². The molecule has 0 aromatic heterocycles. The molecule has 0 aliphatic carbocycles. The van der Waals surface area contributed by atoms with Crippen molar-refractivity contribution in [2.24, 2.45) is 0 Å². The molecule has 3 aromatic carbocycles. The molecule has 0 radical (unpaired) electrons. The van der Waals surface area contributed by atoms with E-state index in [1.807, 2.05) is 24.1 Å². The summed E-state index contributed by atoms with van der Waals surface area (Å²) in [7, 11) is -2.08. The molecule has 0 fully saturated rings. The number of aryl methyl sites for hydroxylation is 1. The van der Waals surface area contributed by atoms with Crippen molar-refractivity contribution in [2.45, 2.75) is 43.5 Å². The molecule has 34 heavy (non-hydrogen) atoms. The first-order chi connectivity index (χ1) is 16.1. The zero-order valence-corrected chi connectivity index (χ0v) is 20.1. The van der Waals surface area contributed by atoms with Crippen LogP contribution in [-0.4, -0.2) is 32.6 Å². The number of carboxylic acid groups (broad SMARTS) is 1.